The number of hydrogen-bond acceptors (Lipinski definition) is 4. The zero-order chi connectivity index (χ0) is 12.5. The van der Waals surface area contributed by atoms with Crippen molar-refractivity contribution in [1.82, 2.24) is 5.32 Å². The molecule has 1 heterocycles. The van der Waals surface area contributed by atoms with Crippen molar-refractivity contribution in [3.63, 3.8) is 0 Å². The van der Waals surface area contributed by atoms with E-state index in [0.717, 1.165) is 25.2 Å². The molecule has 1 aliphatic heterocycles. The monoisotopic (exact) mass is 235 g/mol. The maximum absolute atomic E-state index is 10.9. The van der Waals surface area contributed by atoms with Gasteiger partial charge in [0.2, 0.25) is 0 Å². The van der Waals surface area contributed by atoms with Crippen molar-refractivity contribution in [2.24, 2.45) is 0 Å². The molecule has 2 rings (SSSR count). The Morgan fingerprint density at radius 3 is 2.88 bits per heavy atom. The summed E-state index contributed by atoms with van der Waals surface area (Å²) in [6.45, 7) is 5.78. The fourth-order valence-corrected chi connectivity index (χ4v) is 2.21. The van der Waals surface area contributed by atoms with Gasteiger partial charge in [-0.05, 0) is 32.9 Å². The van der Waals surface area contributed by atoms with E-state index in [1.54, 1.807) is 13.0 Å². The van der Waals surface area contributed by atoms with Crippen LogP contribution in [-0.2, 0) is 0 Å². The fourth-order valence-electron chi connectivity index (χ4n) is 2.21. The molecule has 0 aromatic heterocycles. The average molecular weight is 235 g/mol. The van der Waals surface area contributed by atoms with E-state index >= 15 is 0 Å². The number of nitro groups is 1. The summed E-state index contributed by atoms with van der Waals surface area (Å²) in [5.41, 5.74) is 1.71. The SMILES string of the molecule is Cc1c(NC2(C)CCNC2)cccc1[N+](=O)[O-]. The van der Waals surface area contributed by atoms with Crippen LogP contribution in [-0.4, -0.2) is 23.6 Å². The second-order valence-electron chi connectivity index (χ2n) is 4.82. The van der Waals surface area contributed by atoms with Crippen molar-refractivity contribution in [2.45, 2.75) is 25.8 Å². The van der Waals surface area contributed by atoms with Crippen molar-refractivity contribution in [3.8, 4) is 0 Å². The Labute approximate surface area is 100 Å². The molecule has 0 aliphatic carbocycles. The van der Waals surface area contributed by atoms with E-state index in [9.17, 15) is 10.1 Å². The Morgan fingerprint density at radius 2 is 2.29 bits per heavy atom. The molecular weight excluding hydrogens is 218 g/mol. The highest BCUT2D eigenvalue weighted by atomic mass is 16.6. The summed E-state index contributed by atoms with van der Waals surface area (Å²) in [5, 5.41) is 17.6. The smallest absolute Gasteiger partial charge is 0.274 e. The topological polar surface area (TPSA) is 67.2 Å². The first kappa shape index (κ1) is 11.9. The number of nitrogens with one attached hydrogen (secondary N) is 2. The van der Waals surface area contributed by atoms with Crippen LogP contribution in [0.1, 0.15) is 18.9 Å². The van der Waals surface area contributed by atoms with E-state index < -0.39 is 0 Å². The van der Waals surface area contributed by atoms with Gasteiger partial charge in [-0.15, -0.1) is 0 Å². The summed E-state index contributed by atoms with van der Waals surface area (Å²) in [6, 6.07) is 5.15. The van der Waals surface area contributed by atoms with Crippen LogP contribution in [0.5, 0.6) is 0 Å². The van der Waals surface area contributed by atoms with E-state index in [0.29, 0.717) is 5.56 Å². The molecule has 1 unspecified atom stereocenters. The Hall–Kier alpha value is -1.62. The lowest BCUT2D eigenvalue weighted by Crippen LogP contribution is -2.37. The summed E-state index contributed by atoms with van der Waals surface area (Å²) in [5.74, 6) is 0. The highest BCUT2D eigenvalue weighted by Crippen LogP contribution is 2.29. The molecule has 5 heteroatoms. The van der Waals surface area contributed by atoms with Crippen molar-refractivity contribution >= 4 is 11.4 Å². The average Bonchev–Trinajstić information content (AvgIpc) is 2.68. The van der Waals surface area contributed by atoms with E-state index in [1.165, 1.54) is 6.07 Å². The first-order valence-electron chi connectivity index (χ1n) is 5.75. The molecule has 1 fully saturated rings. The van der Waals surface area contributed by atoms with Crippen molar-refractivity contribution in [3.05, 3.63) is 33.9 Å². The molecule has 0 spiro atoms. The minimum Gasteiger partial charge on any atom is -0.378 e. The van der Waals surface area contributed by atoms with Gasteiger partial charge in [0.05, 0.1) is 4.92 Å². The highest BCUT2D eigenvalue weighted by Gasteiger charge is 2.29. The normalized spacial score (nSPS) is 23.6. The molecule has 1 aromatic rings. The maximum Gasteiger partial charge on any atom is 0.274 e. The summed E-state index contributed by atoms with van der Waals surface area (Å²) in [4.78, 5) is 10.5. The first-order valence-corrected chi connectivity index (χ1v) is 5.75. The second-order valence-corrected chi connectivity index (χ2v) is 4.82. The van der Waals surface area contributed by atoms with Crippen LogP contribution in [0.3, 0.4) is 0 Å². The molecule has 1 aliphatic rings. The number of nitro benzene ring substituents is 1. The van der Waals surface area contributed by atoms with Crippen LogP contribution in [0.2, 0.25) is 0 Å². The third kappa shape index (κ3) is 2.39. The third-order valence-electron chi connectivity index (χ3n) is 3.31. The fraction of sp³-hybridized carbons (Fsp3) is 0.500. The molecule has 1 atom stereocenters. The Kier molecular flexibility index (Phi) is 3.02. The van der Waals surface area contributed by atoms with E-state index in [2.05, 4.69) is 17.6 Å². The van der Waals surface area contributed by atoms with E-state index in [-0.39, 0.29) is 16.1 Å². The molecule has 2 N–H and O–H groups in total. The molecule has 0 amide bonds. The number of hydrogen-bond donors (Lipinski definition) is 2. The van der Waals surface area contributed by atoms with Gasteiger partial charge in [-0.2, -0.15) is 0 Å². The zero-order valence-corrected chi connectivity index (χ0v) is 10.1. The van der Waals surface area contributed by atoms with E-state index in [4.69, 9.17) is 0 Å². The standard InChI is InChI=1S/C12H17N3O2/c1-9-10(4-3-5-11(9)15(16)17)14-12(2)6-7-13-8-12/h3-5,13-14H,6-8H2,1-2H3. The van der Waals surface area contributed by atoms with Gasteiger partial charge < -0.3 is 10.6 Å². The Bertz CT molecular complexity index is 439. The van der Waals surface area contributed by atoms with Crippen molar-refractivity contribution in [1.29, 1.82) is 0 Å². The third-order valence-corrected chi connectivity index (χ3v) is 3.31. The van der Waals surface area contributed by atoms with Gasteiger partial charge in [0.1, 0.15) is 0 Å². The van der Waals surface area contributed by atoms with Gasteiger partial charge in [0.15, 0.2) is 0 Å². The van der Waals surface area contributed by atoms with Crippen LogP contribution >= 0.6 is 0 Å². The molecule has 1 saturated heterocycles. The van der Waals surface area contributed by atoms with Gasteiger partial charge in [-0.1, -0.05) is 6.07 Å². The lowest BCUT2D eigenvalue weighted by atomic mass is 10.00. The van der Waals surface area contributed by atoms with Gasteiger partial charge in [0.25, 0.3) is 5.69 Å². The van der Waals surface area contributed by atoms with Crippen LogP contribution in [0.4, 0.5) is 11.4 Å². The first-order chi connectivity index (χ1) is 8.02. The largest absolute Gasteiger partial charge is 0.378 e. The summed E-state index contributed by atoms with van der Waals surface area (Å²) in [6.07, 6.45) is 1.02. The molecular formula is C12H17N3O2. The lowest BCUT2D eigenvalue weighted by Gasteiger charge is -2.26. The highest BCUT2D eigenvalue weighted by molar-refractivity contribution is 5.61. The number of anilines is 1. The van der Waals surface area contributed by atoms with Crippen LogP contribution in [0.15, 0.2) is 18.2 Å². The molecule has 17 heavy (non-hydrogen) atoms. The molecule has 1 aromatic carbocycles. The molecule has 0 bridgehead atoms. The maximum atomic E-state index is 10.9. The van der Waals surface area contributed by atoms with Crippen LogP contribution < -0.4 is 10.6 Å². The lowest BCUT2D eigenvalue weighted by molar-refractivity contribution is -0.385. The summed E-state index contributed by atoms with van der Waals surface area (Å²) in [7, 11) is 0. The van der Waals surface area contributed by atoms with Crippen molar-refractivity contribution < 1.29 is 4.92 Å². The minimum absolute atomic E-state index is 0.0139. The second kappa shape index (κ2) is 4.33. The molecule has 5 nitrogen and oxygen atoms in total. The molecule has 0 saturated carbocycles. The van der Waals surface area contributed by atoms with E-state index in [1.807, 2.05) is 6.07 Å². The predicted octanol–water partition coefficient (Wildman–Crippen LogP) is 2.07. The summed E-state index contributed by atoms with van der Waals surface area (Å²) >= 11 is 0. The predicted molar refractivity (Wildman–Crippen MR) is 67.3 cm³/mol. The van der Waals surface area contributed by atoms with Gasteiger partial charge in [-0.3, -0.25) is 10.1 Å². The number of nitrogens with zero attached hydrogens (tertiary/aromatic N) is 1. The van der Waals surface area contributed by atoms with Gasteiger partial charge >= 0.3 is 0 Å². The molecule has 0 radical (unpaired) electrons. The molecule has 92 valence electrons. The van der Waals surface area contributed by atoms with Crippen molar-refractivity contribution in [2.75, 3.05) is 18.4 Å². The Balaban J connectivity index is 2.27. The van der Waals surface area contributed by atoms with Crippen LogP contribution in [0.25, 0.3) is 0 Å². The summed E-state index contributed by atoms with van der Waals surface area (Å²) < 4.78 is 0. The number of rotatable bonds is 3. The van der Waals surface area contributed by atoms with Crippen LogP contribution in [0, 0.1) is 17.0 Å². The van der Waals surface area contributed by atoms with Gasteiger partial charge in [-0.25, -0.2) is 0 Å². The number of benzene rings is 1. The Morgan fingerprint density at radius 1 is 1.53 bits per heavy atom. The van der Waals surface area contributed by atoms with Gasteiger partial charge in [0, 0.05) is 29.4 Å². The zero-order valence-electron chi connectivity index (χ0n) is 10.1. The quantitative estimate of drug-likeness (QED) is 0.621. The minimum atomic E-state index is -0.338.